The molecule has 0 aliphatic heterocycles. The molecule has 23 heavy (non-hydrogen) atoms. The van der Waals surface area contributed by atoms with Gasteiger partial charge in [0.25, 0.3) is 5.88 Å². The molecule has 3 aromatic rings. The van der Waals surface area contributed by atoms with Crippen LogP contribution in [0, 0.1) is 0 Å². The van der Waals surface area contributed by atoms with Crippen LogP contribution in [0.4, 0.5) is 5.69 Å². The molecule has 0 spiro atoms. The van der Waals surface area contributed by atoms with Gasteiger partial charge in [0.15, 0.2) is 5.58 Å². The molecule has 6 heteroatoms. The molecule has 1 heterocycles. The SMILES string of the molecule is CN(C)c1ccc(C(N)COc2noc3ccc(Cl)cc23)cc1. The van der Waals surface area contributed by atoms with Crippen LogP contribution in [-0.2, 0) is 0 Å². The molecule has 3 rings (SSSR count). The van der Waals surface area contributed by atoms with Gasteiger partial charge in [-0.2, -0.15) is 0 Å². The van der Waals surface area contributed by atoms with Gasteiger partial charge in [-0.05, 0) is 41.1 Å². The van der Waals surface area contributed by atoms with E-state index in [0.29, 0.717) is 23.1 Å². The number of ether oxygens (including phenoxy) is 1. The molecule has 0 amide bonds. The number of hydrogen-bond donors (Lipinski definition) is 1. The summed E-state index contributed by atoms with van der Waals surface area (Å²) in [6.07, 6.45) is 0. The van der Waals surface area contributed by atoms with Crippen molar-refractivity contribution < 1.29 is 9.26 Å². The third kappa shape index (κ3) is 3.41. The third-order valence-corrected chi connectivity index (χ3v) is 3.87. The van der Waals surface area contributed by atoms with E-state index >= 15 is 0 Å². The maximum atomic E-state index is 6.19. The fourth-order valence-electron chi connectivity index (χ4n) is 2.28. The second-order valence-electron chi connectivity index (χ2n) is 5.53. The lowest BCUT2D eigenvalue weighted by molar-refractivity contribution is 0.264. The van der Waals surface area contributed by atoms with Crippen molar-refractivity contribution in [2.24, 2.45) is 5.73 Å². The average molecular weight is 332 g/mol. The first kappa shape index (κ1) is 15.6. The second kappa shape index (κ2) is 6.48. The second-order valence-corrected chi connectivity index (χ2v) is 5.97. The Morgan fingerprint density at radius 3 is 2.65 bits per heavy atom. The molecule has 0 fully saturated rings. The van der Waals surface area contributed by atoms with Crippen LogP contribution in [0.3, 0.4) is 0 Å². The van der Waals surface area contributed by atoms with Crippen LogP contribution in [0.2, 0.25) is 5.02 Å². The minimum atomic E-state index is -0.253. The molecule has 5 nitrogen and oxygen atoms in total. The highest BCUT2D eigenvalue weighted by atomic mass is 35.5. The summed E-state index contributed by atoms with van der Waals surface area (Å²) < 4.78 is 10.9. The van der Waals surface area contributed by atoms with Crippen LogP contribution in [0.1, 0.15) is 11.6 Å². The predicted octanol–water partition coefficient (Wildman–Crippen LogP) is 3.63. The molecular formula is C17H18ClN3O2. The molecule has 120 valence electrons. The van der Waals surface area contributed by atoms with Gasteiger partial charge in [-0.15, -0.1) is 0 Å². The van der Waals surface area contributed by atoms with Gasteiger partial charge in [0.2, 0.25) is 0 Å². The van der Waals surface area contributed by atoms with E-state index in [9.17, 15) is 0 Å². The van der Waals surface area contributed by atoms with E-state index in [1.54, 1.807) is 18.2 Å². The number of aromatic nitrogens is 1. The Morgan fingerprint density at radius 2 is 1.96 bits per heavy atom. The first-order chi connectivity index (χ1) is 11.0. The normalized spacial score (nSPS) is 12.3. The number of fused-ring (bicyclic) bond motifs is 1. The highest BCUT2D eigenvalue weighted by Crippen LogP contribution is 2.28. The van der Waals surface area contributed by atoms with Gasteiger partial charge in [0.05, 0.1) is 11.4 Å². The van der Waals surface area contributed by atoms with E-state index in [1.165, 1.54) is 0 Å². The summed E-state index contributed by atoms with van der Waals surface area (Å²) in [7, 11) is 4.00. The number of halogens is 1. The zero-order chi connectivity index (χ0) is 16.4. The molecule has 2 aromatic carbocycles. The standard InChI is InChI=1S/C17H18ClN3O2/c1-21(2)13-6-3-11(4-7-13)15(19)10-22-17-14-9-12(18)5-8-16(14)23-20-17/h3-9,15H,10,19H2,1-2H3. The number of benzene rings is 2. The summed E-state index contributed by atoms with van der Waals surface area (Å²) in [5, 5.41) is 5.27. The van der Waals surface area contributed by atoms with E-state index in [4.69, 9.17) is 26.6 Å². The Balaban J connectivity index is 1.70. The Morgan fingerprint density at radius 1 is 1.22 bits per heavy atom. The molecule has 1 aromatic heterocycles. The molecule has 0 bridgehead atoms. The van der Waals surface area contributed by atoms with Crippen LogP contribution in [0.5, 0.6) is 5.88 Å². The highest BCUT2D eigenvalue weighted by Gasteiger charge is 2.13. The van der Waals surface area contributed by atoms with Gasteiger partial charge in [0, 0.05) is 24.8 Å². The van der Waals surface area contributed by atoms with Gasteiger partial charge in [-0.1, -0.05) is 23.7 Å². The van der Waals surface area contributed by atoms with E-state index in [0.717, 1.165) is 16.6 Å². The number of anilines is 1. The predicted molar refractivity (Wildman–Crippen MR) is 92.2 cm³/mol. The third-order valence-electron chi connectivity index (χ3n) is 3.64. The highest BCUT2D eigenvalue weighted by molar-refractivity contribution is 6.31. The zero-order valence-corrected chi connectivity index (χ0v) is 13.7. The van der Waals surface area contributed by atoms with Crippen molar-refractivity contribution in [1.82, 2.24) is 5.16 Å². The largest absolute Gasteiger partial charge is 0.473 e. The molecule has 0 saturated carbocycles. The number of hydrogen-bond acceptors (Lipinski definition) is 5. The summed E-state index contributed by atoms with van der Waals surface area (Å²) in [5.74, 6) is 0.405. The van der Waals surface area contributed by atoms with Crippen molar-refractivity contribution in [2.45, 2.75) is 6.04 Å². The minimum absolute atomic E-state index is 0.253. The van der Waals surface area contributed by atoms with Crippen LogP contribution in [-0.4, -0.2) is 25.9 Å². The molecule has 2 N–H and O–H groups in total. The summed E-state index contributed by atoms with van der Waals surface area (Å²) >= 11 is 5.99. The quantitative estimate of drug-likeness (QED) is 0.773. The van der Waals surface area contributed by atoms with E-state index in [-0.39, 0.29) is 6.04 Å². The van der Waals surface area contributed by atoms with Gasteiger partial charge in [-0.25, -0.2) is 0 Å². The fourth-order valence-corrected chi connectivity index (χ4v) is 2.45. The van der Waals surface area contributed by atoms with Gasteiger partial charge >= 0.3 is 0 Å². The lowest BCUT2D eigenvalue weighted by atomic mass is 10.1. The van der Waals surface area contributed by atoms with Crippen LogP contribution in [0.25, 0.3) is 11.0 Å². The molecule has 1 atom stereocenters. The first-order valence-corrected chi connectivity index (χ1v) is 7.63. The Kier molecular flexibility index (Phi) is 4.41. The summed E-state index contributed by atoms with van der Waals surface area (Å²) in [4.78, 5) is 2.04. The summed E-state index contributed by atoms with van der Waals surface area (Å²) in [6.45, 7) is 0.301. The monoisotopic (exact) mass is 331 g/mol. The summed E-state index contributed by atoms with van der Waals surface area (Å²) in [6, 6.07) is 13.1. The topological polar surface area (TPSA) is 64.5 Å². The van der Waals surface area contributed by atoms with Crippen LogP contribution < -0.4 is 15.4 Å². The summed E-state index contributed by atoms with van der Waals surface area (Å²) in [5.41, 5.74) is 8.95. The molecule has 1 unspecified atom stereocenters. The molecule has 0 aliphatic carbocycles. The maximum absolute atomic E-state index is 6.19. The Bertz CT molecular complexity index is 799. The van der Waals surface area contributed by atoms with Crippen molar-refractivity contribution in [2.75, 3.05) is 25.6 Å². The lowest BCUT2D eigenvalue weighted by Crippen LogP contribution is -2.19. The maximum Gasteiger partial charge on any atom is 0.262 e. The molecule has 0 radical (unpaired) electrons. The fraction of sp³-hybridized carbons (Fsp3) is 0.235. The van der Waals surface area contributed by atoms with Crippen molar-refractivity contribution in [3.63, 3.8) is 0 Å². The van der Waals surface area contributed by atoms with E-state index in [2.05, 4.69) is 5.16 Å². The number of rotatable bonds is 5. The molecular weight excluding hydrogens is 314 g/mol. The van der Waals surface area contributed by atoms with Crippen molar-refractivity contribution >= 4 is 28.3 Å². The number of nitrogens with two attached hydrogens (primary N) is 1. The first-order valence-electron chi connectivity index (χ1n) is 7.25. The average Bonchev–Trinajstić information content (AvgIpc) is 2.95. The van der Waals surface area contributed by atoms with Crippen molar-refractivity contribution in [3.8, 4) is 5.88 Å². The van der Waals surface area contributed by atoms with E-state index < -0.39 is 0 Å². The molecule has 0 saturated heterocycles. The van der Waals surface area contributed by atoms with Gasteiger partial charge < -0.3 is 19.9 Å². The number of nitrogens with zero attached hydrogens (tertiary/aromatic N) is 2. The van der Waals surface area contributed by atoms with Crippen molar-refractivity contribution in [3.05, 3.63) is 53.1 Å². The zero-order valence-electron chi connectivity index (χ0n) is 13.0. The lowest BCUT2D eigenvalue weighted by Gasteiger charge is -2.15. The smallest absolute Gasteiger partial charge is 0.262 e. The molecule has 0 aliphatic rings. The van der Waals surface area contributed by atoms with Gasteiger partial charge in [0.1, 0.15) is 6.61 Å². The Labute approximate surface area is 139 Å². The van der Waals surface area contributed by atoms with E-state index in [1.807, 2.05) is 43.3 Å². The Hall–Kier alpha value is -2.24. The van der Waals surface area contributed by atoms with Crippen LogP contribution >= 0.6 is 11.6 Å². The van der Waals surface area contributed by atoms with Gasteiger partial charge in [-0.3, -0.25) is 0 Å². The van der Waals surface area contributed by atoms with Crippen LogP contribution in [0.15, 0.2) is 47.0 Å². The minimum Gasteiger partial charge on any atom is -0.473 e. The van der Waals surface area contributed by atoms with Crippen molar-refractivity contribution in [1.29, 1.82) is 0 Å².